The number of nitrogen functional groups attached to an aromatic ring is 1. The molecular formula is C26H22N8O3S3. The molecule has 0 saturated heterocycles. The number of rotatable bonds is 9. The summed E-state index contributed by atoms with van der Waals surface area (Å²) in [6.07, 6.45) is 0.390. The smallest absolute Gasteiger partial charge is 0.263 e. The van der Waals surface area contributed by atoms with Gasteiger partial charge >= 0.3 is 0 Å². The fraction of sp³-hybridized carbons (Fsp3) is 0.154. The molecule has 202 valence electrons. The Balaban J connectivity index is 1.55. The van der Waals surface area contributed by atoms with Crippen molar-refractivity contribution in [1.29, 1.82) is 10.5 Å². The van der Waals surface area contributed by atoms with Crippen LogP contribution >= 0.6 is 23.1 Å². The molecule has 0 spiro atoms. The quantitative estimate of drug-likeness (QED) is 0.233. The number of amides is 1. The van der Waals surface area contributed by atoms with Gasteiger partial charge in [-0.2, -0.15) is 10.5 Å². The number of anilines is 3. The summed E-state index contributed by atoms with van der Waals surface area (Å²) < 4.78 is 27.7. The van der Waals surface area contributed by atoms with Gasteiger partial charge in [-0.1, -0.05) is 60.4 Å². The van der Waals surface area contributed by atoms with E-state index in [-0.39, 0.29) is 37.9 Å². The fourth-order valence-corrected chi connectivity index (χ4v) is 6.53. The minimum atomic E-state index is -3.88. The SMILES string of the molecule is CCC(Sc1nc(N)c(C#N)c(-c2ccccc2)c1C#N)C(=O)Nc1ccc(S(=O)(=O)Nc2nnc(C)s2)cc1. The molecule has 0 bridgehead atoms. The van der Waals surface area contributed by atoms with Crippen LogP contribution in [-0.4, -0.2) is 34.8 Å². The van der Waals surface area contributed by atoms with Crippen molar-refractivity contribution < 1.29 is 13.2 Å². The van der Waals surface area contributed by atoms with Crippen molar-refractivity contribution in [3.8, 4) is 23.3 Å². The summed E-state index contributed by atoms with van der Waals surface area (Å²) in [5.41, 5.74) is 7.72. The van der Waals surface area contributed by atoms with Crippen LogP contribution in [0.4, 0.5) is 16.6 Å². The van der Waals surface area contributed by atoms with Gasteiger partial charge in [0.15, 0.2) is 0 Å². The molecule has 40 heavy (non-hydrogen) atoms. The molecule has 4 aromatic rings. The summed E-state index contributed by atoms with van der Waals surface area (Å²) in [4.78, 5) is 17.4. The van der Waals surface area contributed by atoms with E-state index in [0.29, 0.717) is 28.2 Å². The Hall–Kier alpha value is -4.50. The minimum Gasteiger partial charge on any atom is -0.383 e. The third kappa shape index (κ3) is 6.21. The van der Waals surface area contributed by atoms with Gasteiger partial charge in [-0.05, 0) is 43.2 Å². The van der Waals surface area contributed by atoms with E-state index in [2.05, 4.69) is 31.3 Å². The van der Waals surface area contributed by atoms with E-state index < -0.39 is 15.3 Å². The zero-order valence-electron chi connectivity index (χ0n) is 21.2. The zero-order chi connectivity index (χ0) is 28.9. The fourth-order valence-electron chi connectivity index (χ4n) is 3.69. The summed E-state index contributed by atoms with van der Waals surface area (Å²) in [5, 5.41) is 30.4. The Morgan fingerprint density at radius 1 is 1.07 bits per heavy atom. The molecule has 4 N–H and O–H groups in total. The predicted octanol–water partition coefficient (Wildman–Crippen LogP) is 4.54. The van der Waals surface area contributed by atoms with E-state index in [0.717, 1.165) is 23.1 Å². The van der Waals surface area contributed by atoms with E-state index >= 15 is 0 Å². The molecule has 0 saturated carbocycles. The Morgan fingerprint density at radius 3 is 2.33 bits per heavy atom. The highest BCUT2D eigenvalue weighted by Crippen LogP contribution is 2.37. The first-order valence-electron chi connectivity index (χ1n) is 11.8. The second kappa shape index (κ2) is 12.1. The second-order valence-electron chi connectivity index (χ2n) is 8.28. The summed E-state index contributed by atoms with van der Waals surface area (Å²) in [6.45, 7) is 3.52. The first kappa shape index (κ1) is 28.5. The summed E-state index contributed by atoms with van der Waals surface area (Å²) in [7, 11) is -3.88. The Labute approximate surface area is 239 Å². The van der Waals surface area contributed by atoms with Crippen molar-refractivity contribution in [2.24, 2.45) is 0 Å². The zero-order valence-corrected chi connectivity index (χ0v) is 23.7. The average molecular weight is 591 g/mol. The second-order valence-corrected chi connectivity index (χ2v) is 12.3. The van der Waals surface area contributed by atoms with E-state index in [1.165, 1.54) is 24.3 Å². The van der Waals surface area contributed by atoms with Gasteiger partial charge in [-0.3, -0.25) is 9.52 Å². The maximum atomic E-state index is 13.2. The molecule has 0 radical (unpaired) electrons. The van der Waals surface area contributed by atoms with E-state index in [1.807, 2.05) is 19.1 Å². The number of benzene rings is 2. The van der Waals surface area contributed by atoms with Gasteiger partial charge in [-0.15, -0.1) is 10.2 Å². The number of nitriles is 2. The van der Waals surface area contributed by atoms with Crippen LogP contribution in [0.25, 0.3) is 11.1 Å². The van der Waals surface area contributed by atoms with Crippen LogP contribution < -0.4 is 15.8 Å². The molecule has 0 aliphatic heterocycles. The molecule has 0 fully saturated rings. The number of sulfonamides is 1. The lowest BCUT2D eigenvalue weighted by molar-refractivity contribution is -0.115. The maximum absolute atomic E-state index is 13.2. The van der Waals surface area contributed by atoms with Crippen LogP contribution in [0.15, 0.2) is 64.5 Å². The summed E-state index contributed by atoms with van der Waals surface area (Å²) in [5.74, 6) is -0.410. The Bertz CT molecular complexity index is 1740. The third-order valence-corrected chi connectivity index (χ3v) is 9.16. The standard InChI is InChI=1S/C26H22N8O3S3/c1-3-21(39-25-20(14-28)22(16-7-5-4-6-8-16)19(13-27)23(29)31-25)24(35)30-17-9-11-18(12-10-17)40(36,37)34-26-33-32-15(2)38-26/h4-12,21H,3H2,1-2H3,(H2,29,31)(H,30,35)(H,33,34). The maximum Gasteiger partial charge on any atom is 0.263 e. The summed E-state index contributed by atoms with van der Waals surface area (Å²) in [6, 6.07) is 18.8. The number of hydrogen-bond donors (Lipinski definition) is 3. The minimum absolute atomic E-state index is 0.0101. The lowest BCUT2D eigenvalue weighted by Crippen LogP contribution is -2.25. The molecule has 2 aromatic heterocycles. The van der Waals surface area contributed by atoms with E-state index in [1.54, 1.807) is 31.2 Å². The number of nitrogens with one attached hydrogen (secondary N) is 2. The van der Waals surface area contributed by atoms with Crippen LogP contribution in [0, 0.1) is 29.6 Å². The molecule has 4 rings (SSSR count). The Kier molecular flexibility index (Phi) is 8.64. The molecule has 2 aromatic carbocycles. The molecular weight excluding hydrogens is 569 g/mol. The van der Waals surface area contributed by atoms with Gasteiger partial charge in [0.05, 0.1) is 15.7 Å². The van der Waals surface area contributed by atoms with Crippen LogP contribution in [0.5, 0.6) is 0 Å². The van der Waals surface area contributed by atoms with Crippen molar-refractivity contribution in [3.05, 3.63) is 70.7 Å². The molecule has 0 aliphatic carbocycles. The van der Waals surface area contributed by atoms with E-state index in [4.69, 9.17) is 5.73 Å². The van der Waals surface area contributed by atoms with Crippen molar-refractivity contribution in [3.63, 3.8) is 0 Å². The predicted molar refractivity (Wildman–Crippen MR) is 154 cm³/mol. The molecule has 2 heterocycles. The van der Waals surface area contributed by atoms with Gasteiger partial charge in [0.1, 0.15) is 33.6 Å². The van der Waals surface area contributed by atoms with Gasteiger partial charge in [0, 0.05) is 11.3 Å². The highest BCUT2D eigenvalue weighted by Gasteiger charge is 2.26. The number of thioether (sulfide) groups is 1. The summed E-state index contributed by atoms with van der Waals surface area (Å²) >= 11 is 2.18. The van der Waals surface area contributed by atoms with Crippen LogP contribution in [0.3, 0.4) is 0 Å². The first-order chi connectivity index (χ1) is 19.2. The average Bonchev–Trinajstić information content (AvgIpc) is 3.35. The number of nitrogens with two attached hydrogens (primary N) is 1. The molecule has 14 heteroatoms. The highest BCUT2D eigenvalue weighted by molar-refractivity contribution is 8.00. The molecule has 0 aliphatic rings. The van der Waals surface area contributed by atoms with Crippen molar-refractivity contribution >= 4 is 55.7 Å². The molecule has 11 nitrogen and oxygen atoms in total. The molecule has 1 atom stereocenters. The number of aryl methyl sites for hydroxylation is 1. The number of carbonyl (C=O) groups is 1. The van der Waals surface area contributed by atoms with E-state index in [9.17, 15) is 23.7 Å². The number of pyridine rings is 1. The number of carbonyl (C=O) groups excluding carboxylic acids is 1. The van der Waals surface area contributed by atoms with Crippen LogP contribution in [0.2, 0.25) is 0 Å². The third-order valence-electron chi connectivity index (χ3n) is 5.58. The first-order valence-corrected chi connectivity index (χ1v) is 14.9. The van der Waals surface area contributed by atoms with Crippen LogP contribution in [-0.2, 0) is 14.8 Å². The van der Waals surface area contributed by atoms with Crippen molar-refractivity contribution in [2.75, 3.05) is 15.8 Å². The van der Waals surface area contributed by atoms with Gasteiger partial charge in [-0.25, -0.2) is 13.4 Å². The lowest BCUT2D eigenvalue weighted by atomic mass is 9.97. The molecule has 1 unspecified atom stereocenters. The van der Waals surface area contributed by atoms with Crippen LogP contribution in [0.1, 0.15) is 29.5 Å². The van der Waals surface area contributed by atoms with Crippen molar-refractivity contribution in [2.45, 2.75) is 35.4 Å². The topological polar surface area (TPSA) is 188 Å². The normalized spacial score (nSPS) is 11.7. The highest BCUT2D eigenvalue weighted by atomic mass is 32.2. The number of nitrogens with zero attached hydrogens (tertiary/aromatic N) is 5. The molecule has 1 amide bonds. The van der Waals surface area contributed by atoms with Gasteiger partial charge < -0.3 is 11.1 Å². The van der Waals surface area contributed by atoms with Gasteiger partial charge in [0.2, 0.25) is 11.0 Å². The Morgan fingerprint density at radius 2 is 1.75 bits per heavy atom. The number of aromatic nitrogens is 3. The van der Waals surface area contributed by atoms with Gasteiger partial charge in [0.25, 0.3) is 10.0 Å². The number of hydrogen-bond acceptors (Lipinski definition) is 11. The monoisotopic (exact) mass is 590 g/mol. The largest absolute Gasteiger partial charge is 0.383 e. The lowest BCUT2D eigenvalue weighted by Gasteiger charge is -2.17. The van der Waals surface area contributed by atoms with Crippen molar-refractivity contribution in [1.82, 2.24) is 15.2 Å².